The van der Waals surface area contributed by atoms with Crippen LogP contribution in [0.1, 0.15) is 22.8 Å². The van der Waals surface area contributed by atoms with Crippen LogP contribution in [-0.4, -0.2) is 71.2 Å². The van der Waals surface area contributed by atoms with E-state index >= 15 is 0 Å². The van der Waals surface area contributed by atoms with Crippen molar-refractivity contribution in [3.8, 4) is 11.5 Å². The van der Waals surface area contributed by atoms with Gasteiger partial charge in [0, 0.05) is 18.8 Å². The number of rotatable bonds is 9. The molecule has 1 aliphatic heterocycles. The van der Waals surface area contributed by atoms with Crippen LogP contribution >= 0.6 is 0 Å². The molecule has 0 bridgehead atoms. The number of ether oxygens (including phenoxy) is 4. The third-order valence-electron chi connectivity index (χ3n) is 5.09. The molecule has 0 aromatic heterocycles. The van der Waals surface area contributed by atoms with Crippen molar-refractivity contribution in [3.63, 3.8) is 0 Å². The third kappa shape index (κ3) is 6.04. The monoisotopic (exact) mass is 492 g/mol. The van der Waals surface area contributed by atoms with Crippen LogP contribution in [0.25, 0.3) is 0 Å². The zero-order valence-electron chi connectivity index (χ0n) is 19.3. The predicted molar refractivity (Wildman–Crippen MR) is 124 cm³/mol. The van der Waals surface area contributed by atoms with Gasteiger partial charge in [0.05, 0.1) is 37.4 Å². The maximum absolute atomic E-state index is 13.0. The summed E-state index contributed by atoms with van der Waals surface area (Å²) in [5.41, 5.74) is 1.04. The van der Waals surface area contributed by atoms with Crippen molar-refractivity contribution in [2.45, 2.75) is 18.7 Å². The van der Waals surface area contributed by atoms with E-state index in [1.807, 2.05) is 0 Å². The molecule has 0 unspecified atom stereocenters. The van der Waals surface area contributed by atoms with Crippen LogP contribution in [0.5, 0.6) is 11.5 Å². The Morgan fingerprint density at radius 1 is 1.09 bits per heavy atom. The summed E-state index contributed by atoms with van der Waals surface area (Å²) >= 11 is 0. The first kappa shape index (κ1) is 25.5. The number of anilines is 1. The summed E-state index contributed by atoms with van der Waals surface area (Å²) in [6, 6.07) is 9.16. The quantitative estimate of drug-likeness (QED) is 0.529. The number of hydrogen-bond donors (Lipinski definition) is 1. The molecule has 1 aliphatic rings. The molecule has 0 atom stereocenters. The summed E-state index contributed by atoms with van der Waals surface area (Å²) < 4.78 is 48.3. The van der Waals surface area contributed by atoms with Gasteiger partial charge in [-0.3, -0.25) is 4.79 Å². The first-order valence-corrected chi connectivity index (χ1v) is 12.2. The second-order valence-corrected chi connectivity index (χ2v) is 9.33. The number of carbonyl (C=O) groups excluding carboxylic acids is 2. The van der Waals surface area contributed by atoms with Gasteiger partial charge in [-0.1, -0.05) is 6.07 Å². The highest BCUT2D eigenvalue weighted by atomic mass is 32.2. The highest BCUT2D eigenvalue weighted by Gasteiger charge is 2.28. The van der Waals surface area contributed by atoms with Gasteiger partial charge in [0.15, 0.2) is 18.1 Å². The van der Waals surface area contributed by atoms with Gasteiger partial charge in [0.2, 0.25) is 10.0 Å². The SMILES string of the molecule is CCOc1cc(C(=O)OCC(=O)Nc2ccc(C)c(S(=O)(=O)N3CCOCC3)c2)ccc1OC. The molecular weight excluding hydrogens is 464 g/mol. The number of aryl methyl sites for hydroxylation is 1. The van der Waals surface area contributed by atoms with Crippen LogP contribution in [0.4, 0.5) is 5.69 Å². The van der Waals surface area contributed by atoms with Crippen LogP contribution in [0.3, 0.4) is 0 Å². The lowest BCUT2D eigenvalue weighted by atomic mass is 10.2. The molecular formula is C23H28N2O8S. The van der Waals surface area contributed by atoms with E-state index in [2.05, 4.69) is 5.32 Å². The topological polar surface area (TPSA) is 120 Å². The third-order valence-corrected chi connectivity index (χ3v) is 7.13. The molecule has 2 aromatic rings. The second-order valence-electron chi connectivity index (χ2n) is 7.42. The standard InChI is InChI=1S/C23H28N2O8S/c1-4-32-20-13-17(6-8-19(20)30-3)23(27)33-15-22(26)24-18-7-5-16(2)21(14-18)34(28,29)25-9-11-31-12-10-25/h5-8,13-14H,4,9-12,15H2,1-3H3,(H,24,26). The number of nitrogens with one attached hydrogen (secondary N) is 1. The molecule has 1 amide bonds. The first-order chi connectivity index (χ1) is 16.3. The van der Waals surface area contributed by atoms with Gasteiger partial charge in [-0.15, -0.1) is 0 Å². The van der Waals surface area contributed by atoms with Gasteiger partial charge in [0.1, 0.15) is 0 Å². The van der Waals surface area contributed by atoms with Crippen molar-refractivity contribution in [3.05, 3.63) is 47.5 Å². The molecule has 1 fully saturated rings. The molecule has 10 nitrogen and oxygen atoms in total. The number of amides is 1. The molecule has 0 radical (unpaired) electrons. The molecule has 1 saturated heterocycles. The summed E-state index contributed by atoms with van der Waals surface area (Å²) in [4.78, 5) is 24.8. The fraction of sp³-hybridized carbons (Fsp3) is 0.391. The summed E-state index contributed by atoms with van der Waals surface area (Å²) in [5.74, 6) is -0.459. The fourth-order valence-corrected chi connectivity index (χ4v) is 5.02. The van der Waals surface area contributed by atoms with E-state index in [1.54, 1.807) is 32.0 Å². The Labute approximate surface area is 198 Å². The maximum Gasteiger partial charge on any atom is 0.338 e. The van der Waals surface area contributed by atoms with Gasteiger partial charge in [-0.25, -0.2) is 13.2 Å². The van der Waals surface area contributed by atoms with E-state index in [-0.39, 0.29) is 29.2 Å². The smallest absolute Gasteiger partial charge is 0.338 e. The van der Waals surface area contributed by atoms with Crippen LogP contribution in [0.15, 0.2) is 41.3 Å². The second kappa shape index (κ2) is 11.3. The average molecular weight is 493 g/mol. The predicted octanol–water partition coefficient (Wildman–Crippen LogP) is 2.22. The molecule has 34 heavy (non-hydrogen) atoms. The van der Waals surface area contributed by atoms with Crippen molar-refractivity contribution < 1.29 is 37.0 Å². The van der Waals surface area contributed by atoms with Crippen molar-refractivity contribution >= 4 is 27.6 Å². The van der Waals surface area contributed by atoms with Crippen LogP contribution in [0, 0.1) is 6.92 Å². The first-order valence-electron chi connectivity index (χ1n) is 10.7. The van der Waals surface area contributed by atoms with Crippen LogP contribution < -0.4 is 14.8 Å². The Morgan fingerprint density at radius 2 is 1.82 bits per heavy atom. The van der Waals surface area contributed by atoms with E-state index < -0.39 is 28.5 Å². The zero-order valence-corrected chi connectivity index (χ0v) is 20.1. The minimum atomic E-state index is -3.73. The number of hydrogen-bond acceptors (Lipinski definition) is 8. The lowest BCUT2D eigenvalue weighted by Gasteiger charge is -2.26. The summed E-state index contributed by atoms with van der Waals surface area (Å²) in [6.45, 7) is 4.53. The number of carbonyl (C=O) groups is 2. The number of morpholine rings is 1. The van der Waals surface area contributed by atoms with Gasteiger partial charge in [0.25, 0.3) is 5.91 Å². The molecule has 0 saturated carbocycles. The lowest BCUT2D eigenvalue weighted by molar-refractivity contribution is -0.119. The van der Waals surface area contributed by atoms with E-state index in [0.717, 1.165) is 0 Å². The number of methoxy groups -OCH3 is 1. The molecule has 2 aromatic carbocycles. The minimum absolute atomic E-state index is 0.103. The lowest BCUT2D eigenvalue weighted by Crippen LogP contribution is -2.40. The van der Waals surface area contributed by atoms with Crippen molar-refractivity contribution in [1.29, 1.82) is 0 Å². The number of esters is 1. The largest absolute Gasteiger partial charge is 0.493 e. The van der Waals surface area contributed by atoms with E-state index in [4.69, 9.17) is 18.9 Å². The molecule has 11 heteroatoms. The Balaban J connectivity index is 1.65. The Kier molecular flexibility index (Phi) is 8.48. The van der Waals surface area contributed by atoms with Crippen molar-refractivity contribution in [2.75, 3.05) is 51.9 Å². The Morgan fingerprint density at radius 3 is 2.50 bits per heavy atom. The van der Waals surface area contributed by atoms with Crippen LogP contribution in [0.2, 0.25) is 0 Å². The number of sulfonamides is 1. The molecule has 0 aliphatic carbocycles. The summed E-state index contributed by atoms with van der Waals surface area (Å²) in [6.07, 6.45) is 0. The maximum atomic E-state index is 13.0. The summed E-state index contributed by atoms with van der Waals surface area (Å²) in [7, 11) is -2.24. The van der Waals surface area contributed by atoms with E-state index in [0.29, 0.717) is 36.9 Å². The van der Waals surface area contributed by atoms with Crippen molar-refractivity contribution in [2.24, 2.45) is 0 Å². The molecule has 1 N–H and O–H groups in total. The van der Waals surface area contributed by atoms with Gasteiger partial charge < -0.3 is 24.3 Å². The molecule has 0 spiro atoms. The van der Waals surface area contributed by atoms with Gasteiger partial charge in [-0.2, -0.15) is 4.31 Å². The van der Waals surface area contributed by atoms with Crippen LogP contribution in [-0.2, 0) is 24.3 Å². The van der Waals surface area contributed by atoms with E-state index in [1.165, 1.54) is 29.6 Å². The highest BCUT2D eigenvalue weighted by molar-refractivity contribution is 7.89. The normalized spacial score (nSPS) is 14.3. The molecule has 3 rings (SSSR count). The highest BCUT2D eigenvalue weighted by Crippen LogP contribution is 2.28. The van der Waals surface area contributed by atoms with E-state index in [9.17, 15) is 18.0 Å². The number of nitrogens with zero attached hydrogens (tertiary/aromatic N) is 1. The average Bonchev–Trinajstić information content (AvgIpc) is 2.84. The van der Waals surface area contributed by atoms with Crippen molar-refractivity contribution in [1.82, 2.24) is 4.31 Å². The Bertz CT molecular complexity index is 1140. The zero-order chi connectivity index (χ0) is 24.7. The molecule has 1 heterocycles. The van der Waals surface area contributed by atoms with Gasteiger partial charge in [-0.05, 0) is 49.7 Å². The minimum Gasteiger partial charge on any atom is -0.493 e. The van der Waals surface area contributed by atoms with Gasteiger partial charge >= 0.3 is 5.97 Å². The Hall–Kier alpha value is -3.15. The fourth-order valence-electron chi connectivity index (χ4n) is 3.37. The summed E-state index contributed by atoms with van der Waals surface area (Å²) in [5, 5.41) is 2.57. The number of benzene rings is 2. The molecule has 184 valence electrons.